The van der Waals surface area contributed by atoms with Crippen molar-refractivity contribution < 1.29 is 8.78 Å². The first-order valence-electron chi connectivity index (χ1n) is 8.60. The number of halogens is 2. The fourth-order valence-electron chi connectivity index (χ4n) is 3.16. The first-order valence-corrected chi connectivity index (χ1v) is 8.60. The van der Waals surface area contributed by atoms with Crippen LogP contribution in [-0.2, 0) is 12.5 Å². The van der Waals surface area contributed by atoms with Gasteiger partial charge in [-0.2, -0.15) is 8.78 Å². The summed E-state index contributed by atoms with van der Waals surface area (Å²) in [5, 5.41) is 0. The standard InChI is InChI=1S/C18H20F2N6/c1-18(19,20)17-21-6-5-16(23-17)25-10-8-24(9-11-25)12-14-13-26-7-3-2-4-15(26)22-14/h2-7,13H,8-12H2,1H3. The Morgan fingerprint density at radius 2 is 1.88 bits per heavy atom. The Hall–Kier alpha value is -2.61. The van der Waals surface area contributed by atoms with Gasteiger partial charge in [-0.15, -0.1) is 0 Å². The maximum atomic E-state index is 13.4. The van der Waals surface area contributed by atoms with Crippen molar-refractivity contribution in [2.75, 3.05) is 31.1 Å². The van der Waals surface area contributed by atoms with Gasteiger partial charge in [-0.3, -0.25) is 4.90 Å². The quantitative estimate of drug-likeness (QED) is 0.717. The normalized spacial score (nSPS) is 16.3. The number of aromatic nitrogens is 4. The summed E-state index contributed by atoms with van der Waals surface area (Å²) in [6.45, 7) is 4.72. The van der Waals surface area contributed by atoms with Crippen LogP contribution in [0.4, 0.5) is 14.6 Å². The first kappa shape index (κ1) is 16.8. The number of hydrogen-bond acceptors (Lipinski definition) is 5. The fourth-order valence-corrected chi connectivity index (χ4v) is 3.16. The third-order valence-corrected chi connectivity index (χ3v) is 4.53. The van der Waals surface area contributed by atoms with E-state index in [0.717, 1.165) is 51.0 Å². The minimum atomic E-state index is -3.03. The highest BCUT2D eigenvalue weighted by atomic mass is 19.3. The Morgan fingerprint density at radius 1 is 1.08 bits per heavy atom. The minimum Gasteiger partial charge on any atom is -0.354 e. The highest BCUT2D eigenvalue weighted by molar-refractivity contribution is 5.40. The molecule has 1 aliphatic heterocycles. The van der Waals surface area contributed by atoms with E-state index in [1.807, 2.05) is 39.9 Å². The lowest BCUT2D eigenvalue weighted by atomic mass is 10.3. The molecule has 0 saturated carbocycles. The van der Waals surface area contributed by atoms with Crippen LogP contribution in [0.2, 0.25) is 0 Å². The SMILES string of the molecule is CC(F)(F)c1nccc(N2CCN(Cc3cn4ccccc4n3)CC2)n1. The Bertz CT molecular complexity index is 863. The molecule has 3 aromatic heterocycles. The van der Waals surface area contributed by atoms with Crippen molar-refractivity contribution in [1.29, 1.82) is 0 Å². The van der Waals surface area contributed by atoms with Gasteiger partial charge in [-0.1, -0.05) is 6.07 Å². The van der Waals surface area contributed by atoms with Crippen molar-refractivity contribution in [1.82, 2.24) is 24.3 Å². The molecule has 1 fully saturated rings. The monoisotopic (exact) mass is 358 g/mol. The maximum Gasteiger partial charge on any atom is 0.303 e. The van der Waals surface area contributed by atoms with Gasteiger partial charge >= 0.3 is 5.92 Å². The molecule has 0 spiro atoms. The van der Waals surface area contributed by atoms with Gasteiger partial charge in [0, 0.05) is 58.2 Å². The second-order valence-corrected chi connectivity index (χ2v) is 6.59. The van der Waals surface area contributed by atoms with E-state index in [2.05, 4.69) is 19.9 Å². The van der Waals surface area contributed by atoms with Gasteiger partial charge in [0.05, 0.1) is 5.69 Å². The van der Waals surface area contributed by atoms with E-state index in [0.29, 0.717) is 5.82 Å². The molecule has 0 atom stereocenters. The van der Waals surface area contributed by atoms with Crippen molar-refractivity contribution in [3.8, 4) is 0 Å². The van der Waals surface area contributed by atoms with Crippen molar-refractivity contribution in [2.45, 2.75) is 19.4 Å². The summed E-state index contributed by atoms with van der Waals surface area (Å²) in [5.74, 6) is -2.90. The van der Waals surface area contributed by atoms with Gasteiger partial charge in [-0.25, -0.2) is 15.0 Å². The van der Waals surface area contributed by atoms with Crippen molar-refractivity contribution in [3.05, 3.63) is 54.4 Å². The van der Waals surface area contributed by atoms with Crippen LogP contribution < -0.4 is 4.90 Å². The average Bonchev–Trinajstić information content (AvgIpc) is 3.04. The molecule has 0 aromatic carbocycles. The van der Waals surface area contributed by atoms with Crippen LogP contribution >= 0.6 is 0 Å². The van der Waals surface area contributed by atoms with Gasteiger partial charge < -0.3 is 9.30 Å². The van der Waals surface area contributed by atoms with Crippen LogP contribution in [0.1, 0.15) is 18.4 Å². The van der Waals surface area contributed by atoms with E-state index in [1.165, 1.54) is 6.20 Å². The molecule has 8 heteroatoms. The van der Waals surface area contributed by atoms with Crippen LogP contribution in [0, 0.1) is 0 Å². The van der Waals surface area contributed by atoms with Crippen LogP contribution in [0.25, 0.3) is 5.65 Å². The second-order valence-electron chi connectivity index (χ2n) is 6.59. The molecule has 6 nitrogen and oxygen atoms in total. The van der Waals surface area contributed by atoms with Gasteiger partial charge in [-0.05, 0) is 18.2 Å². The molecule has 0 radical (unpaired) electrons. The number of rotatable bonds is 4. The van der Waals surface area contributed by atoms with Crippen LogP contribution in [0.15, 0.2) is 42.9 Å². The molecule has 4 heterocycles. The molecule has 3 aromatic rings. The summed E-state index contributed by atoms with van der Waals surface area (Å²) in [6, 6.07) is 7.62. The summed E-state index contributed by atoms with van der Waals surface area (Å²) >= 11 is 0. The van der Waals surface area contributed by atoms with E-state index < -0.39 is 11.7 Å². The van der Waals surface area contributed by atoms with Crippen LogP contribution in [0.5, 0.6) is 0 Å². The minimum absolute atomic E-state index is 0.429. The zero-order valence-corrected chi connectivity index (χ0v) is 14.5. The number of fused-ring (bicyclic) bond motifs is 1. The number of alkyl halides is 2. The number of hydrogen-bond donors (Lipinski definition) is 0. The van der Waals surface area contributed by atoms with Gasteiger partial charge in [0.25, 0.3) is 0 Å². The summed E-state index contributed by atoms with van der Waals surface area (Å²) < 4.78 is 28.9. The molecule has 1 saturated heterocycles. The second kappa shape index (κ2) is 6.60. The molecule has 26 heavy (non-hydrogen) atoms. The molecule has 0 aliphatic carbocycles. The smallest absolute Gasteiger partial charge is 0.303 e. The van der Waals surface area contributed by atoms with Gasteiger partial charge in [0.15, 0.2) is 5.82 Å². The van der Waals surface area contributed by atoms with E-state index in [9.17, 15) is 8.78 Å². The Kier molecular flexibility index (Phi) is 4.28. The molecule has 1 aliphatic rings. The molecule has 0 amide bonds. The Balaban J connectivity index is 1.39. The zero-order chi connectivity index (χ0) is 18.1. The Morgan fingerprint density at radius 3 is 2.62 bits per heavy atom. The van der Waals surface area contributed by atoms with Crippen LogP contribution in [0.3, 0.4) is 0 Å². The topological polar surface area (TPSA) is 49.6 Å². The average molecular weight is 358 g/mol. The maximum absolute atomic E-state index is 13.4. The molecule has 0 bridgehead atoms. The fraction of sp³-hybridized carbons (Fsp3) is 0.389. The van der Waals surface area contributed by atoms with Crippen molar-refractivity contribution in [2.24, 2.45) is 0 Å². The molecule has 4 rings (SSSR count). The first-order chi connectivity index (χ1) is 12.5. The predicted octanol–water partition coefficient (Wildman–Crippen LogP) is 2.56. The third-order valence-electron chi connectivity index (χ3n) is 4.53. The van der Waals surface area contributed by atoms with Gasteiger partial charge in [0.2, 0.25) is 0 Å². The van der Waals surface area contributed by atoms with E-state index >= 15 is 0 Å². The van der Waals surface area contributed by atoms with E-state index in [4.69, 9.17) is 0 Å². The summed E-state index contributed by atoms with van der Waals surface area (Å²) in [4.78, 5) is 16.7. The number of piperazine rings is 1. The number of pyridine rings is 1. The molecular formula is C18H20F2N6. The molecule has 136 valence electrons. The number of imidazole rings is 1. The van der Waals surface area contributed by atoms with Crippen molar-refractivity contribution >= 4 is 11.5 Å². The predicted molar refractivity (Wildman–Crippen MR) is 94.3 cm³/mol. The number of anilines is 1. The number of nitrogens with zero attached hydrogens (tertiary/aromatic N) is 6. The highest BCUT2D eigenvalue weighted by Crippen LogP contribution is 2.25. The molecule has 0 N–H and O–H groups in total. The highest BCUT2D eigenvalue weighted by Gasteiger charge is 2.29. The Labute approximate surface area is 150 Å². The zero-order valence-electron chi connectivity index (χ0n) is 14.5. The lowest BCUT2D eigenvalue weighted by molar-refractivity contribution is 0.00774. The lowest BCUT2D eigenvalue weighted by Crippen LogP contribution is -2.46. The lowest BCUT2D eigenvalue weighted by Gasteiger charge is -2.35. The molecule has 0 unspecified atom stereocenters. The summed E-state index contributed by atoms with van der Waals surface area (Å²) in [6.07, 6.45) is 5.43. The van der Waals surface area contributed by atoms with E-state index in [-0.39, 0.29) is 0 Å². The van der Waals surface area contributed by atoms with Gasteiger partial charge in [0.1, 0.15) is 11.5 Å². The summed E-state index contributed by atoms with van der Waals surface area (Å²) in [5.41, 5.74) is 1.97. The molecular weight excluding hydrogens is 338 g/mol. The van der Waals surface area contributed by atoms with Crippen LogP contribution in [-0.4, -0.2) is 50.4 Å². The largest absolute Gasteiger partial charge is 0.354 e. The van der Waals surface area contributed by atoms with Crippen molar-refractivity contribution in [3.63, 3.8) is 0 Å². The third kappa shape index (κ3) is 3.50. The summed E-state index contributed by atoms with van der Waals surface area (Å²) in [7, 11) is 0. The van der Waals surface area contributed by atoms with E-state index in [1.54, 1.807) is 6.07 Å².